The quantitative estimate of drug-likeness (QED) is 0.581. The molecule has 12 heteroatoms. The number of thiophene rings is 1. The highest BCUT2D eigenvalue weighted by Crippen LogP contribution is 2.29. The third-order valence-corrected chi connectivity index (χ3v) is 10.1. The molecule has 1 unspecified atom stereocenters. The first-order chi connectivity index (χ1) is 16.0. The molecule has 0 bridgehead atoms. The second-order valence-corrected chi connectivity index (χ2v) is 12.5. The molecule has 1 atom stereocenters. The van der Waals surface area contributed by atoms with Crippen molar-refractivity contribution in [2.75, 3.05) is 75.3 Å². The van der Waals surface area contributed by atoms with Gasteiger partial charge in [0.15, 0.2) is 11.6 Å². The number of anilines is 2. The second-order valence-electron chi connectivity index (χ2n) is 8.62. The molecule has 5 rings (SSSR count). The molecule has 0 aliphatic carbocycles. The molecule has 0 spiro atoms. The van der Waals surface area contributed by atoms with Crippen molar-refractivity contribution in [3.05, 3.63) is 28.6 Å². The maximum absolute atomic E-state index is 12.8. The summed E-state index contributed by atoms with van der Waals surface area (Å²) < 4.78 is 33.6. The summed E-state index contributed by atoms with van der Waals surface area (Å²) in [6.07, 6.45) is 2.76. The molecule has 3 aliphatic heterocycles. The van der Waals surface area contributed by atoms with E-state index in [9.17, 15) is 8.42 Å². The Labute approximate surface area is 203 Å². The summed E-state index contributed by atoms with van der Waals surface area (Å²) in [6, 6.07) is 7.21. The number of halogens is 1. The summed E-state index contributed by atoms with van der Waals surface area (Å²) in [5, 5.41) is 8.92. The van der Waals surface area contributed by atoms with Gasteiger partial charge in [-0.05, 0) is 37.1 Å². The van der Waals surface area contributed by atoms with Gasteiger partial charge in [-0.15, -0.1) is 21.5 Å². The molecular formula is C21H29ClN6O3S2. The van der Waals surface area contributed by atoms with Gasteiger partial charge >= 0.3 is 0 Å². The largest absolute Gasteiger partial charge is 0.377 e. The van der Waals surface area contributed by atoms with Crippen LogP contribution in [0.4, 0.5) is 11.6 Å². The molecule has 0 amide bonds. The zero-order valence-electron chi connectivity index (χ0n) is 18.5. The summed E-state index contributed by atoms with van der Waals surface area (Å²) >= 11 is 7.01. The Balaban J connectivity index is 1.12. The molecule has 3 saturated heterocycles. The average Bonchev–Trinajstić information content (AvgIpc) is 3.52. The molecule has 9 nitrogen and oxygen atoms in total. The summed E-state index contributed by atoms with van der Waals surface area (Å²) in [5.74, 6) is 1.68. The predicted octanol–water partition coefficient (Wildman–Crippen LogP) is 2.00. The first-order valence-electron chi connectivity index (χ1n) is 11.4. The molecule has 2 aromatic heterocycles. The van der Waals surface area contributed by atoms with Gasteiger partial charge in [-0.2, -0.15) is 4.31 Å². The van der Waals surface area contributed by atoms with Crippen molar-refractivity contribution < 1.29 is 13.2 Å². The lowest BCUT2D eigenvalue weighted by molar-refractivity contribution is 0.0712. The second kappa shape index (κ2) is 10.0. The van der Waals surface area contributed by atoms with E-state index in [-0.39, 0.29) is 0 Å². The number of aromatic nitrogens is 2. The zero-order valence-corrected chi connectivity index (χ0v) is 20.9. The smallest absolute Gasteiger partial charge is 0.252 e. The first kappa shape index (κ1) is 23.3. The molecule has 3 aliphatic rings. The van der Waals surface area contributed by atoms with Crippen molar-refractivity contribution >= 4 is 44.6 Å². The van der Waals surface area contributed by atoms with Crippen LogP contribution < -0.4 is 9.80 Å². The van der Waals surface area contributed by atoms with E-state index in [1.807, 2.05) is 12.1 Å². The molecule has 3 fully saturated rings. The minimum absolute atomic E-state index is 0.293. The van der Waals surface area contributed by atoms with E-state index in [4.69, 9.17) is 16.3 Å². The number of piperazine rings is 2. The normalized spacial score (nSPS) is 23.4. The fraction of sp³-hybridized carbons (Fsp3) is 0.619. The van der Waals surface area contributed by atoms with Gasteiger partial charge in [0.2, 0.25) is 0 Å². The van der Waals surface area contributed by atoms with Crippen molar-refractivity contribution in [3.8, 4) is 0 Å². The van der Waals surface area contributed by atoms with E-state index < -0.39 is 10.0 Å². The Kier molecular flexibility index (Phi) is 7.05. The number of ether oxygens (including phenoxy) is 1. The molecule has 2 aromatic rings. The lowest BCUT2D eigenvalue weighted by atomic mass is 10.2. The fourth-order valence-electron chi connectivity index (χ4n) is 4.61. The van der Waals surface area contributed by atoms with Gasteiger partial charge in [-0.25, -0.2) is 8.42 Å². The van der Waals surface area contributed by atoms with Crippen LogP contribution in [-0.4, -0.2) is 99.4 Å². The standard InChI is InChI=1S/C21H29ClN6O3S2/c22-18-3-6-21(32-18)33(29,30)28-13-11-27(12-14-28)20-5-4-19(23-24-20)26-9-7-25(8-10-26)16-17-2-1-15-31-17/h3-6,17H,1-2,7-16H2. The highest BCUT2D eigenvalue weighted by atomic mass is 35.5. The number of hydrogen-bond donors (Lipinski definition) is 0. The predicted molar refractivity (Wildman–Crippen MR) is 130 cm³/mol. The van der Waals surface area contributed by atoms with E-state index in [2.05, 4.69) is 24.9 Å². The molecule has 0 radical (unpaired) electrons. The van der Waals surface area contributed by atoms with Crippen LogP contribution in [0.15, 0.2) is 28.5 Å². The van der Waals surface area contributed by atoms with E-state index in [1.54, 1.807) is 12.1 Å². The van der Waals surface area contributed by atoms with Crippen LogP contribution in [0.5, 0.6) is 0 Å². The third kappa shape index (κ3) is 5.28. The number of nitrogens with zero attached hydrogens (tertiary/aromatic N) is 6. The Hall–Kier alpha value is -1.50. The summed E-state index contributed by atoms with van der Waals surface area (Å²) in [5.41, 5.74) is 0. The maximum Gasteiger partial charge on any atom is 0.252 e. The van der Waals surface area contributed by atoms with Crippen molar-refractivity contribution in [3.63, 3.8) is 0 Å². The van der Waals surface area contributed by atoms with Crippen molar-refractivity contribution in [2.24, 2.45) is 0 Å². The van der Waals surface area contributed by atoms with Gasteiger partial charge < -0.3 is 14.5 Å². The van der Waals surface area contributed by atoms with Crippen LogP contribution in [0.1, 0.15) is 12.8 Å². The van der Waals surface area contributed by atoms with Gasteiger partial charge in [0, 0.05) is 65.5 Å². The van der Waals surface area contributed by atoms with Crippen LogP contribution in [0, 0.1) is 0 Å². The van der Waals surface area contributed by atoms with Gasteiger partial charge in [-0.3, -0.25) is 4.90 Å². The van der Waals surface area contributed by atoms with Crippen molar-refractivity contribution in [1.29, 1.82) is 0 Å². The third-order valence-electron chi connectivity index (χ3n) is 6.52. The number of sulfonamides is 1. The molecule has 0 saturated carbocycles. The van der Waals surface area contributed by atoms with Crippen LogP contribution in [0.2, 0.25) is 4.34 Å². The Morgan fingerprint density at radius 3 is 2.09 bits per heavy atom. The topological polar surface area (TPSA) is 82.1 Å². The van der Waals surface area contributed by atoms with Crippen LogP contribution >= 0.6 is 22.9 Å². The zero-order chi connectivity index (χ0) is 22.8. The maximum atomic E-state index is 12.8. The fourth-order valence-corrected chi connectivity index (χ4v) is 7.67. The molecule has 180 valence electrons. The van der Waals surface area contributed by atoms with E-state index in [1.165, 1.54) is 17.1 Å². The molecule has 5 heterocycles. The van der Waals surface area contributed by atoms with Crippen LogP contribution in [-0.2, 0) is 14.8 Å². The van der Waals surface area contributed by atoms with Crippen LogP contribution in [0.25, 0.3) is 0 Å². The lowest BCUT2D eigenvalue weighted by Gasteiger charge is -2.36. The highest BCUT2D eigenvalue weighted by Gasteiger charge is 2.30. The number of hydrogen-bond acceptors (Lipinski definition) is 9. The van der Waals surface area contributed by atoms with Crippen LogP contribution in [0.3, 0.4) is 0 Å². The molecular weight excluding hydrogens is 484 g/mol. The minimum atomic E-state index is -3.49. The van der Waals surface area contributed by atoms with E-state index in [0.29, 0.717) is 40.8 Å². The molecule has 0 N–H and O–H groups in total. The highest BCUT2D eigenvalue weighted by molar-refractivity contribution is 7.91. The molecule has 33 heavy (non-hydrogen) atoms. The Morgan fingerprint density at radius 2 is 1.58 bits per heavy atom. The van der Waals surface area contributed by atoms with Gasteiger partial charge in [0.25, 0.3) is 10.0 Å². The minimum Gasteiger partial charge on any atom is -0.377 e. The molecule has 0 aromatic carbocycles. The summed E-state index contributed by atoms with van der Waals surface area (Å²) in [6.45, 7) is 7.80. The van der Waals surface area contributed by atoms with Gasteiger partial charge in [-0.1, -0.05) is 11.6 Å². The van der Waals surface area contributed by atoms with E-state index >= 15 is 0 Å². The van der Waals surface area contributed by atoms with Gasteiger partial charge in [0.1, 0.15) is 4.21 Å². The average molecular weight is 513 g/mol. The number of rotatable bonds is 6. The first-order valence-corrected chi connectivity index (χ1v) is 14.1. The summed E-state index contributed by atoms with van der Waals surface area (Å²) in [4.78, 5) is 6.84. The van der Waals surface area contributed by atoms with Gasteiger partial charge in [0.05, 0.1) is 10.4 Å². The monoisotopic (exact) mass is 512 g/mol. The summed E-state index contributed by atoms with van der Waals surface area (Å²) in [7, 11) is -3.49. The van der Waals surface area contributed by atoms with Crippen molar-refractivity contribution in [2.45, 2.75) is 23.2 Å². The SMILES string of the molecule is O=S(=O)(c1ccc(Cl)s1)N1CCN(c2ccc(N3CCN(CC4CCCO4)CC3)nn2)CC1. The lowest BCUT2D eigenvalue weighted by Crippen LogP contribution is -2.49. The Bertz CT molecular complexity index is 1030. The van der Waals surface area contributed by atoms with Crippen molar-refractivity contribution in [1.82, 2.24) is 19.4 Å². The van der Waals surface area contributed by atoms with E-state index in [0.717, 1.165) is 62.3 Å². The Morgan fingerprint density at radius 1 is 0.939 bits per heavy atom.